The molecular formula is C18H28N2O3. The van der Waals surface area contributed by atoms with Gasteiger partial charge in [0.2, 0.25) is 5.91 Å². The van der Waals surface area contributed by atoms with E-state index in [4.69, 9.17) is 9.84 Å². The fourth-order valence-corrected chi connectivity index (χ4v) is 3.45. The zero-order chi connectivity index (χ0) is 16.7. The summed E-state index contributed by atoms with van der Waals surface area (Å²) in [5, 5.41) is 9.13. The summed E-state index contributed by atoms with van der Waals surface area (Å²) in [6.45, 7) is 5.03. The van der Waals surface area contributed by atoms with Gasteiger partial charge in [0.25, 0.3) is 0 Å². The maximum absolute atomic E-state index is 12.7. The molecule has 1 aliphatic rings. The second kappa shape index (κ2) is 8.43. The number of anilines is 1. The van der Waals surface area contributed by atoms with Crippen LogP contribution in [0.2, 0.25) is 0 Å². The molecule has 1 N–H and O–H groups in total. The number of hydrogen-bond acceptors (Lipinski definition) is 4. The lowest BCUT2D eigenvalue weighted by molar-refractivity contribution is -0.120. The molecule has 0 aromatic heterocycles. The molecule has 0 bridgehead atoms. The summed E-state index contributed by atoms with van der Waals surface area (Å²) in [5.41, 5.74) is 0.627. The number of aliphatic hydroxyl groups excluding tert-OH is 1. The van der Waals surface area contributed by atoms with E-state index in [1.54, 1.807) is 7.11 Å². The maximum atomic E-state index is 12.7. The lowest BCUT2D eigenvalue weighted by Gasteiger charge is -2.48. The van der Waals surface area contributed by atoms with E-state index in [1.807, 2.05) is 42.2 Å². The predicted octanol–water partition coefficient (Wildman–Crippen LogP) is 1.90. The van der Waals surface area contributed by atoms with Crippen molar-refractivity contribution in [3.63, 3.8) is 0 Å². The number of piperidine rings is 1. The fourth-order valence-electron chi connectivity index (χ4n) is 3.45. The van der Waals surface area contributed by atoms with Gasteiger partial charge in [0, 0.05) is 38.9 Å². The lowest BCUT2D eigenvalue weighted by Crippen LogP contribution is -2.60. The quantitative estimate of drug-likeness (QED) is 0.834. The molecule has 1 fully saturated rings. The van der Waals surface area contributed by atoms with Crippen LogP contribution in [0.5, 0.6) is 0 Å². The number of nitrogens with zero attached hydrogens (tertiary/aromatic N) is 2. The molecule has 128 valence electrons. The second-order valence-corrected chi connectivity index (χ2v) is 6.14. The van der Waals surface area contributed by atoms with Crippen LogP contribution in [0.3, 0.4) is 0 Å². The van der Waals surface area contributed by atoms with Crippen LogP contribution < -0.4 is 4.90 Å². The number of rotatable bonds is 7. The van der Waals surface area contributed by atoms with E-state index in [0.717, 1.165) is 31.6 Å². The summed E-state index contributed by atoms with van der Waals surface area (Å²) in [6.07, 6.45) is 2.17. The van der Waals surface area contributed by atoms with E-state index in [1.165, 1.54) is 0 Å². The first-order valence-electron chi connectivity index (χ1n) is 8.37. The number of amides is 1. The van der Waals surface area contributed by atoms with Crippen molar-refractivity contribution in [2.24, 2.45) is 0 Å². The number of carbonyl (C=O) groups excluding carboxylic acids is 1. The number of likely N-dealkylation sites (tertiary alicyclic amines) is 1. The average Bonchev–Trinajstić information content (AvgIpc) is 2.58. The van der Waals surface area contributed by atoms with Crippen LogP contribution in [0.1, 0.15) is 26.2 Å². The summed E-state index contributed by atoms with van der Waals surface area (Å²) >= 11 is 0. The van der Waals surface area contributed by atoms with Crippen molar-refractivity contribution in [2.45, 2.75) is 31.7 Å². The Morgan fingerprint density at radius 2 is 1.96 bits per heavy atom. The van der Waals surface area contributed by atoms with Crippen molar-refractivity contribution in [3.05, 3.63) is 30.3 Å². The van der Waals surface area contributed by atoms with Gasteiger partial charge in [-0.1, -0.05) is 25.1 Å². The normalized spacial score (nSPS) is 17.9. The van der Waals surface area contributed by atoms with Crippen LogP contribution in [-0.2, 0) is 9.53 Å². The summed E-state index contributed by atoms with van der Waals surface area (Å²) in [7, 11) is 1.70. The molecule has 1 saturated heterocycles. The van der Waals surface area contributed by atoms with Gasteiger partial charge in [-0.3, -0.25) is 4.79 Å². The molecule has 0 spiro atoms. The highest BCUT2D eigenvalue weighted by Crippen LogP contribution is 2.34. The topological polar surface area (TPSA) is 53.0 Å². The molecule has 0 saturated carbocycles. The third-order valence-electron chi connectivity index (χ3n) is 4.66. The number of ether oxygens (including phenoxy) is 1. The molecule has 0 radical (unpaired) electrons. The smallest absolute Gasteiger partial charge is 0.227 e. The Morgan fingerprint density at radius 1 is 1.30 bits per heavy atom. The summed E-state index contributed by atoms with van der Waals surface area (Å²) in [5.74, 6) is 0.129. The Balaban J connectivity index is 2.30. The highest BCUT2D eigenvalue weighted by molar-refractivity contribution is 5.94. The van der Waals surface area contributed by atoms with Crippen molar-refractivity contribution in [1.29, 1.82) is 0 Å². The number of benzene rings is 1. The third-order valence-corrected chi connectivity index (χ3v) is 4.66. The van der Waals surface area contributed by atoms with Crippen LogP contribution in [-0.4, -0.2) is 61.4 Å². The van der Waals surface area contributed by atoms with Gasteiger partial charge in [-0.05, 0) is 25.0 Å². The number of methoxy groups -OCH3 is 1. The number of para-hydroxylation sites is 1. The van der Waals surface area contributed by atoms with Gasteiger partial charge >= 0.3 is 0 Å². The summed E-state index contributed by atoms with van der Waals surface area (Å²) in [4.78, 5) is 16.9. The highest BCUT2D eigenvalue weighted by atomic mass is 16.5. The summed E-state index contributed by atoms with van der Waals surface area (Å²) < 4.78 is 5.52. The van der Waals surface area contributed by atoms with Crippen LogP contribution in [0, 0.1) is 0 Å². The minimum absolute atomic E-state index is 0.129. The third kappa shape index (κ3) is 4.10. The molecule has 5 nitrogen and oxygen atoms in total. The molecule has 23 heavy (non-hydrogen) atoms. The Labute approximate surface area is 138 Å². The zero-order valence-corrected chi connectivity index (χ0v) is 14.2. The van der Waals surface area contributed by atoms with Gasteiger partial charge < -0.3 is 19.6 Å². The van der Waals surface area contributed by atoms with Gasteiger partial charge in [-0.25, -0.2) is 0 Å². The molecule has 1 aromatic carbocycles. The molecule has 1 heterocycles. The van der Waals surface area contributed by atoms with Gasteiger partial charge in [0.15, 0.2) is 0 Å². The van der Waals surface area contributed by atoms with Gasteiger partial charge in [0.05, 0.1) is 18.8 Å². The standard InChI is InChI=1S/C18H28N2O3/c1-3-17(22)20(16-7-5-4-6-8-16)18(15-23-2)9-11-19(12-10-18)13-14-21/h4-8,21H,3,9-15H2,1-2H3. The SMILES string of the molecule is CCC(=O)N(c1ccccc1)C1(COC)CCN(CCO)CC1. The minimum atomic E-state index is -0.310. The monoisotopic (exact) mass is 320 g/mol. The van der Waals surface area contributed by atoms with Crippen molar-refractivity contribution < 1.29 is 14.6 Å². The van der Waals surface area contributed by atoms with Crippen LogP contribution in [0.15, 0.2) is 30.3 Å². The Hall–Kier alpha value is -1.43. The average molecular weight is 320 g/mol. The van der Waals surface area contributed by atoms with E-state index in [2.05, 4.69) is 4.90 Å². The first-order valence-corrected chi connectivity index (χ1v) is 8.37. The largest absolute Gasteiger partial charge is 0.395 e. The van der Waals surface area contributed by atoms with E-state index in [-0.39, 0.29) is 18.1 Å². The predicted molar refractivity (Wildman–Crippen MR) is 91.6 cm³/mol. The van der Waals surface area contributed by atoms with Crippen molar-refractivity contribution in [1.82, 2.24) is 4.90 Å². The number of hydrogen-bond donors (Lipinski definition) is 1. The highest BCUT2D eigenvalue weighted by Gasteiger charge is 2.42. The fraction of sp³-hybridized carbons (Fsp3) is 0.611. The van der Waals surface area contributed by atoms with Crippen LogP contribution in [0.4, 0.5) is 5.69 Å². The van der Waals surface area contributed by atoms with Crippen molar-refractivity contribution in [3.8, 4) is 0 Å². The molecular weight excluding hydrogens is 292 g/mol. The second-order valence-electron chi connectivity index (χ2n) is 6.14. The molecule has 1 aliphatic heterocycles. The zero-order valence-electron chi connectivity index (χ0n) is 14.2. The van der Waals surface area contributed by atoms with E-state index >= 15 is 0 Å². The Kier molecular flexibility index (Phi) is 6.57. The molecule has 0 unspecified atom stereocenters. The van der Waals surface area contributed by atoms with Crippen LogP contribution in [0.25, 0.3) is 0 Å². The first-order chi connectivity index (χ1) is 11.2. The number of carbonyl (C=O) groups is 1. The first kappa shape index (κ1) is 17.9. The lowest BCUT2D eigenvalue weighted by atomic mass is 9.85. The Morgan fingerprint density at radius 3 is 2.48 bits per heavy atom. The Bertz CT molecular complexity index is 484. The summed E-state index contributed by atoms with van der Waals surface area (Å²) in [6, 6.07) is 9.88. The van der Waals surface area contributed by atoms with E-state index in [0.29, 0.717) is 19.6 Å². The van der Waals surface area contributed by atoms with E-state index < -0.39 is 0 Å². The number of β-amino-alcohol motifs (C(OH)–C–C–N with tert-alkyl or cyclic N) is 1. The van der Waals surface area contributed by atoms with Crippen molar-refractivity contribution in [2.75, 3.05) is 44.9 Å². The molecule has 0 aliphatic carbocycles. The van der Waals surface area contributed by atoms with Gasteiger partial charge in [0.1, 0.15) is 0 Å². The molecule has 2 rings (SSSR count). The molecule has 0 atom stereocenters. The molecule has 1 aromatic rings. The van der Waals surface area contributed by atoms with Gasteiger partial charge in [-0.2, -0.15) is 0 Å². The molecule has 1 amide bonds. The van der Waals surface area contributed by atoms with Crippen molar-refractivity contribution >= 4 is 11.6 Å². The number of aliphatic hydroxyl groups is 1. The van der Waals surface area contributed by atoms with Gasteiger partial charge in [-0.15, -0.1) is 0 Å². The van der Waals surface area contributed by atoms with Crippen LogP contribution >= 0.6 is 0 Å². The van der Waals surface area contributed by atoms with E-state index in [9.17, 15) is 4.79 Å². The molecule has 5 heteroatoms. The maximum Gasteiger partial charge on any atom is 0.227 e. The minimum Gasteiger partial charge on any atom is -0.395 e.